The van der Waals surface area contributed by atoms with Gasteiger partial charge in [-0.05, 0) is 104 Å². The Morgan fingerprint density at radius 1 is 0.889 bits per heavy atom. The van der Waals surface area contributed by atoms with Crippen LogP contribution in [0, 0.1) is 46.3 Å². The second-order valence-electron chi connectivity index (χ2n) is 11.9. The first-order valence-electron chi connectivity index (χ1n) is 12.6. The molecule has 4 fully saturated rings. The van der Waals surface area contributed by atoms with E-state index >= 15 is 0 Å². The summed E-state index contributed by atoms with van der Waals surface area (Å²) in [5, 5.41) is 9.48. The Bertz CT molecular complexity index is 978. The van der Waals surface area contributed by atoms with Gasteiger partial charge in [-0.15, -0.1) is 0 Å². The van der Waals surface area contributed by atoms with Gasteiger partial charge in [0.25, 0.3) is 0 Å². The van der Waals surface area contributed by atoms with Crippen molar-refractivity contribution in [3.63, 3.8) is 0 Å². The van der Waals surface area contributed by atoms with Gasteiger partial charge in [0.15, 0.2) is 0 Å². The van der Waals surface area contributed by atoms with Crippen molar-refractivity contribution in [1.29, 1.82) is 0 Å². The Morgan fingerprint density at radius 3 is 2.06 bits per heavy atom. The standard InChI is InChI=1S/C23H40O9S2.2Na/c1-14(9-11-24)17-6-7-18-16-5-4-15-12-20(31-33(25,26)27)21(32-34(28,29)30)13-23(15,3)19(16)8-10-22(17,18)2;;/h14-21,24H,4-13H2,1-3H3,(H,25,26,27)(H,28,29,30);;/q;2*+1/p-2/t14-,15+,16+,17-,18+,19+,20+,21+,22-,23+;;/m1../s1. The maximum Gasteiger partial charge on any atom is 1.00 e. The van der Waals surface area contributed by atoms with Gasteiger partial charge >= 0.3 is 59.1 Å². The number of aliphatic hydroxyl groups is 1. The van der Waals surface area contributed by atoms with E-state index in [2.05, 4.69) is 25.0 Å². The number of fused-ring (bicyclic) bond motifs is 5. The van der Waals surface area contributed by atoms with Gasteiger partial charge in [0.2, 0.25) is 20.8 Å². The molecule has 4 rings (SSSR count). The molecule has 0 aromatic carbocycles. The predicted molar refractivity (Wildman–Crippen MR) is 121 cm³/mol. The van der Waals surface area contributed by atoms with Crippen LogP contribution < -0.4 is 59.1 Å². The van der Waals surface area contributed by atoms with Crippen LogP contribution in [0.5, 0.6) is 0 Å². The summed E-state index contributed by atoms with van der Waals surface area (Å²) in [5.41, 5.74) is -0.120. The van der Waals surface area contributed by atoms with Crippen LogP contribution in [0.3, 0.4) is 0 Å². The van der Waals surface area contributed by atoms with Gasteiger partial charge in [-0.3, -0.25) is 8.37 Å². The van der Waals surface area contributed by atoms with Crippen molar-refractivity contribution in [2.24, 2.45) is 46.3 Å². The summed E-state index contributed by atoms with van der Waals surface area (Å²) in [6.45, 7) is 6.98. The summed E-state index contributed by atoms with van der Waals surface area (Å²) in [4.78, 5) is 0. The average Bonchev–Trinajstić information content (AvgIpc) is 3.04. The minimum Gasteiger partial charge on any atom is -0.726 e. The fourth-order valence-corrected chi connectivity index (χ4v) is 10.1. The molecular weight excluding hydrogens is 530 g/mol. The topological polar surface area (TPSA) is 153 Å². The molecule has 0 saturated heterocycles. The van der Waals surface area contributed by atoms with Crippen molar-refractivity contribution < 1.29 is 98.5 Å². The van der Waals surface area contributed by atoms with Gasteiger partial charge < -0.3 is 14.2 Å². The Kier molecular flexibility index (Phi) is 11.6. The molecule has 36 heavy (non-hydrogen) atoms. The number of rotatable bonds is 7. The van der Waals surface area contributed by atoms with Crippen LogP contribution in [-0.4, -0.2) is 49.9 Å². The Hall–Kier alpha value is 1.70. The predicted octanol–water partition coefficient (Wildman–Crippen LogP) is -3.03. The molecule has 13 heteroatoms. The van der Waals surface area contributed by atoms with Crippen LogP contribution >= 0.6 is 0 Å². The van der Waals surface area contributed by atoms with Gasteiger partial charge in [-0.1, -0.05) is 20.8 Å². The van der Waals surface area contributed by atoms with E-state index in [0.717, 1.165) is 44.9 Å². The number of hydrogen-bond donors (Lipinski definition) is 1. The van der Waals surface area contributed by atoms with E-state index in [9.17, 15) is 31.0 Å². The van der Waals surface area contributed by atoms with Gasteiger partial charge in [0.1, 0.15) is 12.2 Å². The van der Waals surface area contributed by atoms with E-state index in [1.54, 1.807) is 0 Å². The normalized spacial score (nSPS) is 43.2. The van der Waals surface area contributed by atoms with Gasteiger partial charge in [-0.25, -0.2) is 16.8 Å². The van der Waals surface area contributed by atoms with Crippen molar-refractivity contribution in [1.82, 2.24) is 0 Å². The first kappa shape index (κ1) is 33.9. The van der Waals surface area contributed by atoms with Crippen LogP contribution in [0.1, 0.15) is 78.6 Å². The molecule has 4 saturated carbocycles. The van der Waals surface area contributed by atoms with Crippen molar-refractivity contribution in [3.05, 3.63) is 0 Å². The molecule has 0 spiro atoms. The maximum atomic E-state index is 11.4. The zero-order chi connectivity index (χ0) is 25.1. The third-order valence-corrected chi connectivity index (χ3v) is 11.4. The third-order valence-electron chi connectivity index (χ3n) is 10.5. The maximum absolute atomic E-state index is 11.4. The second kappa shape index (κ2) is 12.3. The summed E-state index contributed by atoms with van der Waals surface area (Å²) in [6, 6.07) is 0. The monoisotopic (exact) mass is 568 g/mol. The molecule has 0 aliphatic heterocycles. The number of hydrogen-bond acceptors (Lipinski definition) is 9. The van der Waals surface area contributed by atoms with E-state index in [4.69, 9.17) is 4.18 Å². The molecule has 198 valence electrons. The SMILES string of the molecule is C[C@H](CCO)[C@H]1CC[C@H]2[C@@H]3CC[C@H]4C[C@H](OS(=O)(=O)[O-])[C@@H](OS(=O)(=O)[O-])C[C@]4(C)[C@H]3CC[C@]12C.[Na+].[Na+]. The van der Waals surface area contributed by atoms with E-state index in [-0.39, 0.29) is 95.3 Å². The summed E-state index contributed by atoms with van der Waals surface area (Å²) >= 11 is 0. The number of aliphatic hydroxyl groups excluding tert-OH is 1. The van der Waals surface area contributed by atoms with Crippen molar-refractivity contribution in [2.75, 3.05) is 6.61 Å². The van der Waals surface area contributed by atoms with E-state index in [1.807, 2.05) is 0 Å². The smallest absolute Gasteiger partial charge is 0.726 e. The van der Waals surface area contributed by atoms with Crippen LogP contribution in [0.4, 0.5) is 0 Å². The zero-order valence-electron chi connectivity index (χ0n) is 22.2. The minimum atomic E-state index is -5.10. The van der Waals surface area contributed by atoms with Gasteiger partial charge in [0.05, 0.1) is 0 Å². The first-order chi connectivity index (χ1) is 15.7. The molecule has 4 aliphatic carbocycles. The van der Waals surface area contributed by atoms with Crippen molar-refractivity contribution in [3.8, 4) is 0 Å². The van der Waals surface area contributed by atoms with Crippen molar-refractivity contribution >= 4 is 20.8 Å². The van der Waals surface area contributed by atoms with Crippen LogP contribution in [-0.2, 0) is 29.2 Å². The van der Waals surface area contributed by atoms with E-state index in [0.29, 0.717) is 29.6 Å². The molecule has 1 N–H and O–H groups in total. The molecule has 9 nitrogen and oxygen atoms in total. The summed E-state index contributed by atoms with van der Waals surface area (Å²) < 4.78 is 77.6. The molecule has 0 aromatic heterocycles. The summed E-state index contributed by atoms with van der Waals surface area (Å²) in [7, 11) is -10.2. The summed E-state index contributed by atoms with van der Waals surface area (Å²) in [6.07, 6.45) is 4.80. The first-order valence-corrected chi connectivity index (χ1v) is 15.2. The summed E-state index contributed by atoms with van der Waals surface area (Å²) in [5.74, 6) is 2.42. The second-order valence-corrected chi connectivity index (χ2v) is 13.9. The Balaban J connectivity index is 0.00000228. The van der Waals surface area contributed by atoms with Crippen LogP contribution in [0.2, 0.25) is 0 Å². The minimum absolute atomic E-state index is 0. The molecule has 0 amide bonds. The van der Waals surface area contributed by atoms with Crippen LogP contribution in [0.25, 0.3) is 0 Å². The molecular formula is C23H38Na2O9S2. The van der Waals surface area contributed by atoms with E-state index in [1.165, 1.54) is 0 Å². The molecule has 0 unspecified atom stereocenters. The van der Waals surface area contributed by atoms with E-state index < -0.39 is 33.0 Å². The van der Waals surface area contributed by atoms with Crippen molar-refractivity contribution in [2.45, 2.75) is 90.8 Å². The van der Waals surface area contributed by atoms with Crippen LogP contribution in [0.15, 0.2) is 0 Å². The molecule has 0 radical (unpaired) electrons. The zero-order valence-corrected chi connectivity index (χ0v) is 27.9. The average molecular weight is 569 g/mol. The largest absolute Gasteiger partial charge is 1.00 e. The third kappa shape index (κ3) is 6.77. The molecule has 0 heterocycles. The Labute approximate surface area is 260 Å². The fourth-order valence-electron chi connectivity index (χ4n) is 9.12. The molecule has 0 aromatic rings. The van der Waals surface area contributed by atoms with Gasteiger partial charge in [0, 0.05) is 6.61 Å². The van der Waals surface area contributed by atoms with Gasteiger partial charge in [-0.2, -0.15) is 0 Å². The molecule has 0 bridgehead atoms. The molecule has 4 aliphatic rings. The Morgan fingerprint density at radius 2 is 1.47 bits per heavy atom. The molecule has 10 atom stereocenters. The quantitative estimate of drug-likeness (QED) is 0.192. The fraction of sp³-hybridized carbons (Fsp3) is 1.00.